The van der Waals surface area contributed by atoms with E-state index in [2.05, 4.69) is 5.32 Å². The molecule has 2 aromatic rings. The fourth-order valence-electron chi connectivity index (χ4n) is 2.11. The zero-order valence-electron chi connectivity index (χ0n) is 14.6. The third kappa shape index (κ3) is 5.77. The standard InChI is InChI=1S/C18H18F4N2O3/c1-24(9-10-27-14-6-4-13(26-2)5-7-14)17(25)23-12-3-8-16(19)15(11-12)18(20,21)22/h3-8,11H,9-10H2,1-2H3,(H,23,25). The summed E-state index contributed by atoms with van der Waals surface area (Å²) in [6, 6.07) is 8.47. The molecule has 2 aromatic carbocycles. The lowest BCUT2D eigenvalue weighted by molar-refractivity contribution is -0.139. The maximum Gasteiger partial charge on any atom is 0.419 e. The summed E-state index contributed by atoms with van der Waals surface area (Å²) < 4.78 is 61.9. The van der Waals surface area contributed by atoms with Crippen molar-refractivity contribution >= 4 is 11.7 Å². The Morgan fingerprint density at radius 3 is 2.33 bits per heavy atom. The maximum absolute atomic E-state index is 13.3. The average Bonchev–Trinajstić information content (AvgIpc) is 2.62. The Morgan fingerprint density at radius 2 is 1.74 bits per heavy atom. The van der Waals surface area contributed by atoms with Crippen molar-refractivity contribution in [2.24, 2.45) is 0 Å². The van der Waals surface area contributed by atoms with Gasteiger partial charge < -0.3 is 19.7 Å². The number of methoxy groups -OCH3 is 1. The zero-order valence-corrected chi connectivity index (χ0v) is 14.6. The Labute approximate surface area is 153 Å². The van der Waals surface area contributed by atoms with Gasteiger partial charge in [-0.1, -0.05) is 0 Å². The highest BCUT2D eigenvalue weighted by atomic mass is 19.4. The molecule has 0 unspecified atom stereocenters. The number of nitrogens with zero attached hydrogens (tertiary/aromatic N) is 1. The number of likely N-dealkylation sites (N-methyl/N-ethyl adjacent to an activating group) is 1. The van der Waals surface area contributed by atoms with Crippen molar-refractivity contribution in [3.05, 3.63) is 53.8 Å². The molecule has 0 saturated heterocycles. The van der Waals surface area contributed by atoms with E-state index in [4.69, 9.17) is 9.47 Å². The number of nitrogens with one attached hydrogen (secondary N) is 1. The molecule has 0 spiro atoms. The van der Waals surface area contributed by atoms with Gasteiger partial charge >= 0.3 is 12.2 Å². The molecule has 0 fully saturated rings. The molecule has 2 rings (SSSR count). The molecule has 0 aliphatic carbocycles. The molecule has 1 N–H and O–H groups in total. The molecule has 0 radical (unpaired) electrons. The number of urea groups is 1. The molecule has 5 nitrogen and oxygen atoms in total. The van der Waals surface area contributed by atoms with E-state index in [1.165, 1.54) is 11.9 Å². The third-order valence-corrected chi connectivity index (χ3v) is 3.62. The van der Waals surface area contributed by atoms with Crippen molar-refractivity contribution in [3.63, 3.8) is 0 Å². The molecular formula is C18H18F4N2O3. The number of alkyl halides is 3. The Hall–Kier alpha value is -2.97. The molecular weight excluding hydrogens is 368 g/mol. The second kappa shape index (κ2) is 8.61. The van der Waals surface area contributed by atoms with Crippen LogP contribution in [0.5, 0.6) is 11.5 Å². The van der Waals surface area contributed by atoms with Crippen LogP contribution in [0.1, 0.15) is 5.56 Å². The van der Waals surface area contributed by atoms with Gasteiger partial charge in [-0.3, -0.25) is 0 Å². The minimum absolute atomic E-state index is 0.156. The van der Waals surface area contributed by atoms with E-state index in [1.54, 1.807) is 31.4 Å². The van der Waals surface area contributed by atoms with E-state index in [-0.39, 0.29) is 18.8 Å². The number of hydrogen-bond donors (Lipinski definition) is 1. The number of halogens is 4. The quantitative estimate of drug-likeness (QED) is 0.749. The van der Waals surface area contributed by atoms with Crippen LogP contribution in [0.3, 0.4) is 0 Å². The highest BCUT2D eigenvalue weighted by molar-refractivity contribution is 5.89. The molecule has 0 aliphatic rings. The number of ether oxygens (including phenoxy) is 2. The largest absolute Gasteiger partial charge is 0.497 e. The number of benzene rings is 2. The van der Waals surface area contributed by atoms with Gasteiger partial charge in [0, 0.05) is 12.7 Å². The first-order chi connectivity index (χ1) is 12.7. The number of rotatable bonds is 6. The predicted octanol–water partition coefficient (Wildman–Crippen LogP) is 4.40. The van der Waals surface area contributed by atoms with Crippen LogP contribution in [0.2, 0.25) is 0 Å². The maximum atomic E-state index is 13.3. The normalized spacial score (nSPS) is 11.0. The van der Waals surface area contributed by atoms with Crippen molar-refractivity contribution in [2.75, 3.05) is 32.6 Å². The van der Waals surface area contributed by atoms with E-state index in [0.29, 0.717) is 23.6 Å². The molecule has 27 heavy (non-hydrogen) atoms. The summed E-state index contributed by atoms with van der Waals surface area (Å²) in [5.41, 5.74) is -1.59. The molecule has 0 atom stereocenters. The second-order valence-corrected chi connectivity index (χ2v) is 5.57. The van der Waals surface area contributed by atoms with E-state index in [0.717, 1.165) is 6.07 Å². The van der Waals surface area contributed by atoms with Gasteiger partial charge in [-0.05, 0) is 42.5 Å². The Morgan fingerprint density at radius 1 is 1.11 bits per heavy atom. The molecule has 0 aromatic heterocycles. The lowest BCUT2D eigenvalue weighted by Crippen LogP contribution is -2.34. The van der Waals surface area contributed by atoms with Crippen molar-refractivity contribution in [3.8, 4) is 11.5 Å². The van der Waals surface area contributed by atoms with Crippen molar-refractivity contribution in [2.45, 2.75) is 6.18 Å². The van der Waals surface area contributed by atoms with Crippen molar-refractivity contribution < 1.29 is 31.8 Å². The fourth-order valence-corrected chi connectivity index (χ4v) is 2.11. The van der Waals surface area contributed by atoms with Crippen LogP contribution in [-0.2, 0) is 6.18 Å². The second-order valence-electron chi connectivity index (χ2n) is 5.57. The zero-order chi connectivity index (χ0) is 20.0. The van der Waals surface area contributed by atoms with Gasteiger partial charge in [-0.2, -0.15) is 13.2 Å². The van der Waals surface area contributed by atoms with E-state index in [1.807, 2.05) is 0 Å². The van der Waals surface area contributed by atoms with Gasteiger partial charge in [-0.15, -0.1) is 0 Å². The van der Waals surface area contributed by atoms with Gasteiger partial charge in [0.2, 0.25) is 0 Å². The summed E-state index contributed by atoms with van der Waals surface area (Å²) in [6.07, 6.45) is -4.84. The molecule has 9 heteroatoms. The van der Waals surface area contributed by atoms with Crippen molar-refractivity contribution in [1.29, 1.82) is 0 Å². The fraction of sp³-hybridized carbons (Fsp3) is 0.278. The Bertz CT molecular complexity index is 779. The van der Waals surface area contributed by atoms with Crippen LogP contribution >= 0.6 is 0 Å². The molecule has 0 saturated carbocycles. The first kappa shape index (κ1) is 20.3. The van der Waals surface area contributed by atoms with Crippen LogP contribution in [0.4, 0.5) is 28.0 Å². The molecule has 0 heterocycles. The van der Waals surface area contributed by atoms with Crippen LogP contribution in [-0.4, -0.2) is 38.2 Å². The third-order valence-electron chi connectivity index (χ3n) is 3.62. The lowest BCUT2D eigenvalue weighted by Gasteiger charge is -2.19. The van der Waals surface area contributed by atoms with E-state index in [9.17, 15) is 22.4 Å². The molecule has 0 aliphatic heterocycles. The number of carbonyl (C=O) groups is 1. The summed E-state index contributed by atoms with van der Waals surface area (Å²) in [7, 11) is 3.00. The van der Waals surface area contributed by atoms with Crippen LogP contribution < -0.4 is 14.8 Å². The highest BCUT2D eigenvalue weighted by Crippen LogP contribution is 2.33. The Balaban J connectivity index is 1.88. The monoisotopic (exact) mass is 386 g/mol. The molecule has 2 amide bonds. The van der Waals surface area contributed by atoms with Crippen LogP contribution in [0.15, 0.2) is 42.5 Å². The topological polar surface area (TPSA) is 50.8 Å². The first-order valence-corrected chi connectivity index (χ1v) is 7.86. The van der Waals surface area contributed by atoms with Gasteiger partial charge in [0.05, 0.1) is 19.2 Å². The Kier molecular flexibility index (Phi) is 6.49. The number of hydrogen-bond acceptors (Lipinski definition) is 3. The van der Waals surface area contributed by atoms with Gasteiger partial charge in [0.15, 0.2) is 0 Å². The smallest absolute Gasteiger partial charge is 0.419 e. The van der Waals surface area contributed by atoms with E-state index < -0.39 is 23.6 Å². The summed E-state index contributed by atoms with van der Waals surface area (Å²) in [5, 5.41) is 2.29. The lowest BCUT2D eigenvalue weighted by atomic mass is 10.2. The summed E-state index contributed by atoms with van der Waals surface area (Å²) in [5.74, 6) is -0.143. The van der Waals surface area contributed by atoms with E-state index >= 15 is 0 Å². The summed E-state index contributed by atoms with van der Waals surface area (Å²) in [6.45, 7) is 0.360. The van der Waals surface area contributed by atoms with Gasteiger partial charge in [-0.25, -0.2) is 9.18 Å². The number of anilines is 1. The number of carbonyl (C=O) groups excluding carboxylic acids is 1. The average molecular weight is 386 g/mol. The highest BCUT2D eigenvalue weighted by Gasteiger charge is 2.34. The van der Waals surface area contributed by atoms with Gasteiger partial charge in [0.25, 0.3) is 0 Å². The minimum atomic E-state index is -4.84. The molecule has 146 valence electrons. The summed E-state index contributed by atoms with van der Waals surface area (Å²) in [4.78, 5) is 13.3. The van der Waals surface area contributed by atoms with Gasteiger partial charge in [0.1, 0.15) is 23.9 Å². The minimum Gasteiger partial charge on any atom is -0.497 e. The SMILES string of the molecule is COc1ccc(OCCN(C)C(=O)Nc2ccc(F)c(C(F)(F)F)c2)cc1. The first-order valence-electron chi connectivity index (χ1n) is 7.86. The summed E-state index contributed by atoms with van der Waals surface area (Å²) >= 11 is 0. The van der Waals surface area contributed by atoms with Crippen molar-refractivity contribution in [1.82, 2.24) is 4.90 Å². The number of amides is 2. The predicted molar refractivity (Wildman–Crippen MR) is 91.5 cm³/mol. The molecule has 0 bridgehead atoms. The van der Waals surface area contributed by atoms with Crippen LogP contribution in [0.25, 0.3) is 0 Å². The van der Waals surface area contributed by atoms with Crippen LogP contribution in [0, 0.1) is 5.82 Å².